The van der Waals surface area contributed by atoms with Gasteiger partial charge >= 0.3 is 0 Å². The maximum atomic E-state index is 11.6. The molecule has 0 saturated carbocycles. The summed E-state index contributed by atoms with van der Waals surface area (Å²) in [5.74, 6) is 0. The standard InChI is InChI=1S/C10H9N5O/c1-14-4-8(3-12-14)7-2-9-10(16)11-6-13-15(9)5-7/h2-6H,1H3,(H,11,13,16)/i1D3. The fourth-order valence-electron chi connectivity index (χ4n) is 1.57. The molecule has 0 aliphatic heterocycles. The van der Waals surface area contributed by atoms with Gasteiger partial charge in [0, 0.05) is 34.6 Å². The summed E-state index contributed by atoms with van der Waals surface area (Å²) in [7, 11) is 0. The molecular weight excluding hydrogens is 206 g/mol. The SMILES string of the molecule is [2H]C([2H])([2H])n1cc(-c2cc3c(=O)[nH]cnn3c2)cn1. The molecule has 6 nitrogen and oxygen atoms in total. The first-order valence-corrected chi connectivity index (χ1v) is 4.57. The number of rotatable bonds is 1. The fraction of sp³-hybridized carbons (Fsp3) is 0.100. The van der Waals surface area contributed by atoms with Gasteiger partial charge in [-0.1, -0.05) is 0 Å². The Kier molecular flexibility index (Phi) is 1.20. The van der Waals surface area contributed by atoms with Crippen molar-refractivity contribution < 1.29 is 4.11 Å². The molecule has 0 amide bonds. The number of H-pyrrole nitrogens is 1. The number of hydrogen-bond acceptors (Lipinski definition) is 3. The van der Waals surface area contributed by atoms with E-state index >= 15 is 0 Å². The number of hydrogen-bond donors (Lipinski definition) is 1. The van der Waals surface area contributed by atoms with Crippen LogP contribution in [0.25, 0.3) is 16.6 Å². The molecule has 0 fully saturated rings. The van der Waals surface area contributed by atoms with Crippen LogP contribution in [-0.2, 0) is 6.98 Å². The third-order valence-electron chi connectivity index (χ3n) is 2.33. The van der Waals surface area contributed by atoms with E-state index in [1.54, 1.807) is 12.3 Å². The molecule has 1 N–H and O–H groups in total. The highest BCUT2D eigenvalue weighted by Gasteiger charge is 2.06. The van der Waals surface area contributed by atoms with Crippen molar-refractivity contribution in [2.75, 3.05) is 0 Å². The lowest BCUT2D eigenvalue weighted by atomic mass is 10.2. The highest BCUT2D eigenvalue weighted by atomic mass is 16.1. The fourth-order valence-corrected chi connectivity index (χ4v) is 1.57. The predicted molar refractivity (Wildman–Crippen MR) is 58.0 cm³/mol. The zero-order valence-corrected chi connectivity index (χ0v) is 8.08. The second-order valence-electron chi connectivity index (χ2n) is 3.35. The molecule has 3 aromatic rings. The summed E-state index contributed by atoms with van der Waals surface area (Å²) in [5.41, 5.74) is 1.42. The van der Waals surface area contributed by atoms with Crippen LogP contribution in [0.2, 0.25) is 0 Å². The molecular formula is C10H9N5O. The lowest BCUT2D eigenvalue weighted by Gasteiger charge is -1.88. The minimum absolute atomic E-state index is 0.260. The second kappa shape index (κ2) is 3.06. The molecule has 0 saturated heterocycles. The molecule has 0 aliphatic rings. The van der Waals surface area contributed by atoms with Gasteiger partial charge in [0.05, 0.1) is 6.20 Å². The van der Waals surface area contributed by atoms with Crippen LogP contribution >= 0.6 is 0 Å². The largest absolute Gasteiger partial charge is 0.310 e. The Morgan fingerprint density at radius 3 is 3.06 bits per heavy atom. The van der Waals surface area contributed by atoms with Crippen LogP contribution in [0.3, 0.4) is 0 Å². The van der Waals surface area contributed by atoms with Gasteiger partial charge in [-0.3, -0.25) is 9.48 Å². The molecule has 6 heteroatoms. The van der Waals surface area contributed by atoms with Gasteiger partial charge in [0.25, 0.3) is 5.56 Å². The van der Waals surface area contributed by atoms with Gasteiger partial charge in [-0.05, 0) is 6.07 Å². The Morgan fingerprint density at radius 2 is 2.31 bits per heavy atom. The summed E-state index contributed by atoms with van der Waals surface area (Å²) in [4.78, 5) is 14.0. The molecule has 0 spiro atoms. The van der Waals surface area contributed by atoms with Crippen molar-refractivity contribution in [1.82, 2.24) is 24.4 Å². The first kappa shape index (κ1) is 6.26. The van der Waals surface area contributed by atoms with Gasteiger partial charge in [0.2, 0.25) is 0 Å². The van der Waals surface area contributed by atoms with E-state index in [1.807, 2.05) is 0 Å². The molecule has 0 aromatic carbocycles. The summed E-state index contributed by atoms with van der Waals surface area (Å²) < 4.78 is 24.1. The Labute approximate surface area is 94.4 Å². The summed E-state index contributed by atoms with van der Waals surface area (Å²) in [6.45, 7) is -2.31. The zero-order chi connectivity index (χ0) is 13.6. The van der Waals surface area contributed by atoms with E-state index in [4.69, 9.17) is 4.11 Å². The molecule has 0 aliphatic carbocycles. The molecule has 80 valence electrons. The topological polar surface area (TPSA) is 68.0 Å². The summed E-state index contributed by atoms with van der Waals surface area (Å²) in [6, 6.07) is 1.63. The highest BCUT2D eigenvalue weighted by Crippen LogP contribution is 2.19. The van der Waals surface area contributed by atoms with Gasteiger partial charge < -0.3 is 4.98 Å². The van der Waals surface area contributed by atoms with Crippen molar-refractivity contribution in [3.05, 3.63) is 41.3 Å². The predicted octanol–water partition coefficient (Wildman–Crippen LogP) is 0.423. The molecule has 0 radical (unpaired) electrons. The molecule has 16 heavy (non-hydrogen) atoms. The van der Waals surface area contributed by atoms with Crippen LogP contribution < -0.4 is 5.56 Å². The zero-order valence-electron chi connectivity index (χ0n) is 11.1. The molecule has 3 heterocycles. The third kappa shape index (κ3) is 1.23. The van der Waals surface area contributed by atoms with Crippen molar-refractivity contribution in [2.45, 2.75) is 0 Å². The highest BCUT2D eigenvalue weighted by molar-refractivity contribution is 5.68. The quantitative estimate of drug-likeness (QED) is 0.643. The molecule has 0 unspecified atom stereocenters. The number of nitrogens with zero attached hydrogens (tertiary/aromatic N) is 4. The van der Waals surface area contributed by atoms with E-state index in [1.165, 1.54) is 23.2 Å². The van der Waals surface area contributed by atoms with Crippen molar-refractivity contribution >= 4 is 5.52 Å². The van der Waals surface area contributed by atoms with Crippen molar-refractivity contribution in [1.29, 1.82) is 0 Å². The molecule has 0 atom stereocenters. The van der Waals surface area contributed by atoms with E-state index in [2.05, 4.69) is 15.2 Å². The average Bonchev–Trinajstić information content (AvgIpc) is 2.94. The maximum absolute atomic E-state index is 11.6. The number of aryl methyl sites for hydroxylation is 1. The summed E-state index contributed by atoms with van der Waals surface area (Å²) in [5, 5.41) is 7.76. The Morgan fingerprint density at radius 1 is 1.38 bits per heavy atom. The van der Waals surface area contributed by atoms with Crippen LogP contribution in [0.4, 0.5) is 0 Å². The summed E-state index contributed by atoms with van der Waals surface area (Å²) in [6.07, 6.45) is 5.79. The number of nitrogens with one attached hydrogen (secondary N) is 1. The normalized spacial score (nSPS) is 14.6. The molecule has 3 rings (SSSR count). The lowest BCUT2D eigenvalue weighted by Crippen LogP contribution is -2.09. The van der Waals surface area contributed by atoms with Gasteiger partial charge in [0.15, 0.2) is 0 Å². The average molecular weight is 218 g/mol. The minimum Gasteiger partial charge on any atom is -0.310 e. The minimum atomic E-state index is -2.31. The number of fused-ring (bicyclic) bond motifs is 1. The summed E-state index contributed by atoms with van der Waals surface area (Å²) >= 11 is 0. The van der Waals surface area contributed by atoms with Crippen LogP contribution in [0, 0.1) is 0 Å². The van der Waals surface area contributed by atoms with Crippen LogP contribution in [0.1, 0.15) is 4.11 Å². The van der Waals surface area contributed by atoms with E-state index in [0.29, 0.717) is 16.6 Å². The van der Waals surface area contributed by atoms with E-state index in [9.17, 15) is 4.79 Å². The Balaban J connectivity index is 2.12. The Hall–Kier alpha value is -2.37. The van der Waals surface area contributed by atoms with Crippen LogP contribution in [0.5, 0.6) is 0 Å². The third-order valence-corrected chi connectivity index (χ3v) is 2.33. The smallest absolute Gasteiger partial charge is 0.275 e. The van der Waals surface area contributed by atoms with Gasteiger partial charge in [-0.2, -0.15) is 10.2 Å². The van der Waals surface area contributed by atoms with Gasteiger partial charge in [0.1, 0.15) is 11.8 Å². The monoisotopic (exact) mass is 218 g/mol. The van der Waals surface area contributed by atoms with Gasteiger partial charge in [-0.15, -0.1) is 0 Å². The number of aromatic amines is 1. The molecule has 0 bridgehead atoms. The van der Waals surface area contributed by atoms with E-state index in [0.717, 1.165) is 4.68 Å². The first-order valence-electron chi connectivity index (χ1n) is 6.07. The van der Waals surface area contributed by atoms with Crippen LogP contribution in [0.15, 0.2) is 35.8 Å². The second-order valence-corrected chi connectivity index (χ2v) is 3.35. The lowest BCUT2D eigenvalue weighted by molar-refractivity contribution is 0.768. The van der Waals surface area contributed by atoms with Crippen molar-refractivity contribution in [3.63, 3.8) is 0 Å². The van der Waals surface area contributed by atoms with Crippen LogP contribution in [-0.4, -0.2) is 24.4 Å². The van der Waals surface area contributed by atoms with Crippen molar-refractivity contribution in [2.24, 2.45) is 6.98 Å². The van der Waals surface area contributed by atoms with E-state index < -0.39 is 6.98 Å². The van der Waals surface area contributed by atoms with Gasteiger partial charge in [-0.25, -0.2) is 4.52 Å². The maximum Gasteiger partial charge on any atom is 0.275 e. The Bertz CT molecular complexity index is 797. The number of aromatic nitrogens is 5. The first-order chi connectivity index (χ1) is 8.95. The molecule has 3 aromatic heterocycles. The van der Waals surface area contributed by atoms with Crippen molar-refractivity contribution in [3.8, 4) is 11.1 Å². The van der Waals surface area contributed by atoms with E-state index in [-0.39, 0.29) is 5.56 Å².